The molecule has 2 atom stereocenters. The number of halogens is 4. The lowest BCUT2D eigenvalue weighted by molar-refractivity contribution is -0.0869. The molecule has 8 heteroatoms. The quantitative estimate of drug-likeness (QED) is 0.546. The zero-order valence-electron chi connectivity index (χ0n) is 17.3. The van der Waals surface area contributed by atoms with Crippen LogP contribution in [0, 0.1) is 11.6 Å². The van der Waals surface area contributed by atoms with Gasteiger partial charge in [-0.15, -0.1) is 0 Å². The molecule has 0 radical (unpaired) electrons. The summed E-state index contributed by atoms with van der Waals surface area (Å²) < 4.78 is 64.3. The normalized spacial score (nSPS) is 19.6. The van der Waals surface area contributed by atoms with Gasteiger partial charge in [0.1, 0.15) is 12.4 Å². The number of nitrogens with zero attached hydrogens (tertiary/aromatic N) is 1. The van der Waals surface area contributed by atoms with Crippen molar-refractivity contribution in [1.82, 2.24) is 9.88 Å². The third-order valence-electron chi connectivity index (χ3n) is 5.83. The van der Waals surface area contributed by atoms with Crippen LogP contribution in [0.25, 0.3) is 10.9 Å². The van der Waals surface area contributed by atoms with Gasteiger partial charge in [0.05, 0.1) is 24.8 Å². The van der Waals surface area contributed by atoms with Crippen LogP contribution in [0.4, 0.5) is 17.6 Å². The van der Waals surface area contributed by atoms with Crippen LogP contribution >= 0.6 is 0 Å². The van der Waals surface area contributed by atoms with E-state index in [1.807, 2.05) is 24.3 Å². The molecule has 1 aliphatic rings. The van der Waals surface area contributed by atoms with Crippen LogP contribution in [-0.4, -0.2) is 46.7 Å². The molecule has 1 aromatic heterocycles. The maximum Gasteiger partial charge on any atom is 0.283 e. The number of aromatic amines is 1. The van der Waals surface area contributed by atoms with Crippen molar-refractivity contribution in [3.05, 3.63) is 64.9 Å². The van der Waals surface area contributed by atoms with E-state index in [0.29, 0.717) is 12.1 Å². The summed E-state index contributed by atoms with van der Waals surface area (Å²) in [6.45, 7) is 1.39. The summed E-state index contributed by atoms with van der Waals surface area (Å²) in [5.41, 5.74) is 1.73. The molecule has 0 saturated heterocycles. The molecule has 2 N–H and O–H groups in total. The van der Waals surface area contributed by atoms with Crippen molar-refractivity contribution in [2.45, 2.75) is 38.3 Å². The molecule has 1 aliphatic heterocycles. The molecule has 0 aliphatic carbocycles. The lowest BCUT2D eigenvalue weighted by Crippen LogP contribution is -2.49. The molecule has 2 heterocycles. The molecule has 0 spiro atoms. The molecule has 2 aromatic carbocycles. The first-order valence-corrected chi connectivity index (χ1v) is 10.2. The van der Waals surface area contributed by atoms with Gasteiger partial charge in [-0.25, -0.2) is 17.6 Å². The van der Waals surface area contributed by atoms with Gasteiger partial charge in [0.15, 0.2) is 11.6 Å². The number of H-pyrrole nitrogens is 1. The number of alkyl halides is 2. The smallest absolute Gasteiger partial charge is 0.283 e. The van der Waals surface area contributed by atoms with E-state index in [1.54, 1.807) is 13.8 Å². The lowest BCUT2D eigenvalue weighted by Gasteiger charge is -2.42. The highest BCUT2D eigenvalue weighted by Gasteiger charge is 2.43. The predicted molar refractivity (Wildman–Crippen MR) is 110 cm³/mol. The fourth-order valence-corrected chi connectivity index (χ4v) is 4.45. The number of hydrogen-bond donors (Lipinski definition) is 2. The van der Waals surface area contributed by atoms with Crippen LogP contribution in [-0.2, 0) is 6.42 Å². The minimum Gasteiger partial charge on any atom is -0.491 e. The van der Waals surface area contributed by atoms with E-state index in [1.165, 1.54) is 11.0 Å². The molecule has 31 heavy (non-hydrogen) atoms. The first-order chi connectivity index (χ1) is 14.8. The maximum absolute atomic E-state index is 15.4. The number of rotatable bonds is 6. The lowest BCUT2D eigenvalue weighted by atomic mass is 9.87. The number of nitrogens with one attached hydrogen (secondary N) is 1. The summed E-state index contributed by atoms with van der Waals surface area (Å²) in [4.78, 5) is 4.55. The number of hydrogen-bond acceptors (Lipinski definition) is 3. The fraction of sp³-hybridized carbons (Fsp3) is 0.391. The van der Waals surface area contributed by atoms with Gasteiger partial charge in [0, 0.05) is 22.6 Å². The van der Waals surface area contributed by atoms with Crippen LogP contribution < -0.4 is 4.74 Å². The van der Waals surface area contributed by atoms with Gasteiger partial charge in [-0.3, -0.25) is 4.90 Å². The van der Waals surface area contributed by atoms with E-state index in [9.17, 15) is 8.78 Å². The van der Waals surface area contributed by atoms with Crippen LogP contribution in [0.2, 0.25) is 0 Å². The highest BCUT2D eigenvalue weighted by Crippen LogP contribution is 2.44. The van der Waals surface area contributed by atoms with E-state index in [4.69, 9.17) is 9.84 Å². The van der Waals surface area contributed by atoms with Crippen LogP contribution in [0.5, 0.6) is 5.75 Å². The predicted octanol–water partition coefficient (Wildman–Crippen LogP) is 4.81. The molecule has 3 aromatic rings. The summed E-state index contributed by atoms with van der Waals surface area (Å²) in [5.74, 6) is -5.32. The van der Waals surface area contributed by atoms with E-state index in [2.05, 4.69) is 4.98 Å². The number of aromatic nitrogens is 1. The molecule has 4 rings (SSSR count). The molecule has 0 amide bonds. The second-order valence-corrected chi connectivity index (χ2v) is 7.91. The fourth-order valence-electron chi connectivity index (χ4n) is 4.45. The molecule has 4 nitrogen and oxygen atoms in total. The first-order valence-electron chi connectivity index (χ1n) is 10.2. The van der Waals surface area contributed by atoms with Gasteiger partial charge in [-0.1, -0.05) is 18.2 Å². The third kappa shape index (κ3) is 3.78. The Morgan fingerprint density at radius 3 is 2.65 bits per heavy atom. The van der Waals surface area contributed by atoms with Gasteiger partial charge < -0.3 is 14.8 Å². The molecule has 0 unspecified atom stereocenters. The summed E-state index contributed by atoms with van der Waals surface area (Å²) in [6.07, 6.45) is 0.422. The number of ether oxygens (including phenoxy) is 1. The zero-order valence-corrected chi connectivity index (χ0v) is 17.3. The van der Waals surface area contributed by atoms with Gasteiger partial charge in [0.2, 0.25) is 0 Å². The Bertz CT molecular complexity index is 1100. The zero-order chi connectivity index (χ0) is 22.3. The summed E-state index contributed by atoms with van der Waals surface area (Å²) in [7, 11) is 0. The minimum atomic E-state index is -3.43. The number of benzene rings is 2. The van der Waals surface area contributed by atoms with Crippen molar-refractivity contribution in [3.63, 3.8) is 0 Å². The second-order valence-electron chi connectivity index (χ2n) is 7.91. The summed E-state index contributed by atoms with van der Waals surface area (Å²) in [5, 5.41) is 10.0. The summed E-state index contributed by atoms with van der Waals surface area (Å²) >= 11 is 0. The SMILES string of the molecule is CCOc1ccc(F)c([C@@H]2c3[nH]c4ccccc4c3C[C@@H](C)N2CC(F)(F)CO)c1F. The van der Waals surface area contributed by atoms with E-state index >= 15 is 8.78 Å². The Balaban J connectivity index is 1.96. The molecule has 0 saturated carbocycles. The Morgan fingerprint density at radius 1 is 1.19 bits per heavy atom. The van der Waals surface area contributed by atoms with Gasteiger partial charge in [-0.05, 0) is 44.0 Å². The van der Waals surface area contributed by atoms with E-state index in [0.717, 1.165) is 22.5 Å². The van der Waals surface area contributed by atoms with Crippen LogP contribution in [0.1, 0.15) is 36.7 Å². The highest BCUT2D eigenvalue weighted by molar-refractivity contribution is 5.85. The van der Waals surface area contributed by atoms with Gasteiger partial charge >= 0.3 is 0 Å². The topological polar surface area (TPSA) is 48.5 Å². The molecular weight excluding hydrogens is 412 g/mol. The monoisotopic (exact) mass is 436 g/mol. The molecule has 166 valence electrons. The third-order valence-corrected chi connectivity index (χ3v) is 5.83. The van der Waals surface area contributed by atoms with Crippen molar-refractivity contribution in [2.24, 2.45) is 0 Å². The average Bonchev–Trinajstić information content (AvgIpc) is 3.10. The van der Waals surface area contributed by atoms with Crippen molar-refractivity contribution >= 4 is 10.9 Å². The Hall–Kier alpha value is -2.58. The van der Waals surface area contributed by atoms with E-state index < -0.39 is 42.8 Å². The molecule has 0 fully saturated rings. The number of aliphatic hydroxyl groups is 1. The van der Waals surface area contributed by atoms with Crippen molar-refractivity contribution in [1.29, 1.82) is 0 Å². The van der Waals surface area contributed by atoms with Crippen LogP contribution in [0.15, 0.2) is 36.4 Å². The average molecular weight is 436 g/mol. The highest BCUT2D eigenvalue weighted by atomic mass is 19.3. The van der Waals surface area contributed by atoms with E-state index in [-0.39, 0.29) is 17.9 Å². The van der Waals surface area contributed by atoms with Crippen LogP contribution in [0.3, 0.4) is 0 Å². The Labute approximate surface area is 177 Å². The van der Waals surface area contributed by atoms with Crippen molar-refractivity contribution < 1.29 is 27.4 Å². The minimum absolute atomic E-state index is 0.136. The van der Waals surface area contributed by atoms with Gasteiger partial charge in [-0.2, -0.15) is 0 Å². The second kappa shape index (κ2) is 8.16. The molecule has 0 bridgehead atoms. The van der Waals surface area contributed by atoms with Crippen molar-refractivity contribution in [3.8, 4) is 5.75 Å². The Kier molecular flexibility index (Phi) is 5.70. The maximum atomic E-state index is 15.4. The number of fused-ring (bicyclic) bond motifs is 3. The standard InChI is InChI=1S/C23H24F4N2O2/c1-3-31-18-9-8-16(24)19(20(18)25)22-21-15(14-6-4-5-7-17(14)28-21)10-13(2)29(22)11-23(26,27)12-30/h4-9,13,22,28,30H,3,10-12H2,1-2H3/t13-,22-/m1/s1. The summed E-state index contributed by atoms with van der Waals surface area (Å²) in [6, 6.07) is 8.13. The number of para-hydroxylation sites is 1. The number of aliphatic hydroxyl groups excluding tert-OH is 1. The Morgan fingerprint density at radius 2 is 1.94 bits per heavy atom. The van der Waals surface area contributed by atoms with Crippen molar-refractivity contribution in [2.75, 3.05) is 19.8 Å². The van der Waals surface area contributed by atoms with Gasteiger partial charge in [0.25, 0.3) is 5.92 Å². The first kappa shape index (κ1) is 21.6. The largest absolute Gasteiger partial charge is 0.491 e. The molecular formula is C23H24F4N2O2.